The molecule has 1 aromatic heterocycles. The van der Waals surface area contributed by atoms with Crippen LogP contribution in [0.15, 0.2) is 12.1 Å². The lowest BCUT2D eigenvalue weighted by atomic mass is 10.2. The molecule has 1 atom stereocenters. The molecule has 0 radical (unpaired) electrons. The Hall–Kier alpha value is -1.69. The van der Waals surface area contributed by atoms with Crippen molar-refractivity contribution in [3.8, 4) is 0 Å². The predicted octanol–water partition coefficient (Wildman–Crippen LogP) is -0.951. The van der Waals surface area contributed by atoms with Gasteiger partial charge in [-0.05, 0) is 19.1 Å². The number of aryl methyl sites for hydroxylation is 1. The molecule has 1 aliphatic heterocycles. The quantitative estimate of drug-likeness (QED) is 0.672. The van der Waals surface area contributed by atoms with E-state index < -0.39 is 0 Å². The second-order valence-corrected chi connectivity index (χ2v) is 3.85. The van der Waals surface area contributed by atoms with Crippen LogP contribution < -0.4 is 16.0 Å². The molecule has 3 N–H and O–H groups in total. The van der Waals surface area contributed by atoms with E-state index in [4.69, 9.17) is 5.73 Å². The maximum absolute atomic E-state index is 11.3. The summed E-state index contributed by atoms with van der Waals surface area (Å²) in [5.74, 6) is 0.366. The van der Waals surface area contributed by atoms with Gasteiger partial charge in [0.1, 0.15) is 6.04 Å². The van der Waals surface area contributed by atoms with Crippen molar-refractivity contribution in [2.45, 2.75) is 13.0 Å². The summed E-state index contributed by atoms with van der Waals surface area (Å²) < 4.78 is 0. The Morgan fingerprint density at radius 2 is 2.38 bits per heavy atom. The lowest BCUT2D eigenvalue weighted by Crippen LogP contribution is -2.57. The molecule has 6 nitrogen and oxygen atoms in total. The van der Waals surface area contributed by atoms with E-state index in [1.165, 1.54) is 0 Å². The molecule has 1 aliphatic rings. The first-order valence-corrected chi connectivity index (χ1v) is 5.25. The van der Waals surface area contributed by atoms with Crippen molar-refractivity contribution in [1.29, 1.82) is 0 Å². The SMILES string of the molecule is Cc1ccc(N2CCNCC2C(N)=O)nn1. The van der Waals surface area contributed by atoms with Gasteiger partial charge < -0.3 is 16.0 Å². The van der Waals surface area contributed by atoms with Crippen molar-refractivity contribution in [3.63, 3.8) is 0 Å². The highest BCUT2D eigenvalue weighted by Crippen LogP contribution is 2.14. The summed E-state index contributed by atoms with van der Waals surface area (Å²) in [6.07, 6.45) is 0. The Morgan fingerprint density at radius 1 is 1.56 bits per heavy atom. The molecule has 16 heavy (non-hydrogen) atoms. The van der Waals surface area contributed by atoms with E-state index in [-0.39, 0.29) is 11.9 Å². The summed E-state index contributed by atoms with van der Waals surface area (Å²) >= 11 is 0. The van der Waals surface area contributed by atoms with Crippen LogP contribution in [-0.4, -0.2) is 41.8 Å². The molecule has 0 bridgehead atoms. The Bertz CT molecular complexity index is 377. The van der Waals surface area contributed by atoms with E-state index in [0.29, 0.717) is 18.9 Å². The first-order valence-electron chi connectivity index (χ1n) is 5.25. The standard InChI is InChI=1S/C10H15N5O/c1-7-2-3-9(14-13-7)15-5-4-12-6-8(15)10(11)16/h2-3,8,12H,4-6H2,1H3,(H2,11,16). The smallest absolute Gasteiger partial charge is 0.241 e. The van der Waals surface area contributed by atoms with Crippen molar-refractivity contribution in [1.82, 2.24) is 15.5 Å². The zero-order chi connectivity index (χ0) is 11.5. The van der Waals surface area contributed by atoms with Crippen LogP contribution >= 0.6 is 0 Å². The number of piperazine rings is 1. The van der Waals surface area contributed by atoms with Crippen LogP contribution in [0.2, 0.25) is 0 Å². The number of anilines is 1. The van der Waals surface area contributed by atoms with Gasteiger partial charge in [0, 0.05) is 19.6 Å². The predicted molar refractivity (Wildman–Crippen MR) is 60.0 cm³/mol. The van der Waals surface area contributed by atoms with Gasteiger partial charge >= 0.3 is 0 Å². The van der Waals surface area contributed by atoms with Crippen LogP contribution in [0, 0.1) is 6.92 Å². The number of aromatic nitrogens is 2. The van der Waals surface area contributed by atoms with Gasteiger partial charge in [-0.25, -0.2) is 0 Å². The number of carbonyl (C=O) groups excluding carboxylic acids is 1. The molecule has 86 valence electrons. The van der Waals surface area contributed by atoms with E-state index in [9.17, 15) is 4.79 Å². The lowest BCUT2D eigenvalue weighted by molar-refractivity contribution is -0.119. The fourth-order valence-corrected chi connectivity index (χ4v) is 1.78. The van der Waals surface area contributed by atoms with Gasteiger partial charge in [0.2, 0.25) is 5.91 Å². The minimum atomic E-state index is -0.342. The van der Waals surface area contributed by atoms with Gasteiger partial charge in [-0.3, -0.25) is 4.79 Å². The van der Waals surface area contributed by atoms with E-state index in [1.807, 2.05) is 24.0 Å². The molecule has 1 unspecified atom stereocenters. The molecule has 6 heteroatoms. The van der Waals surface area contributed by atoms with Gasteiger partial charge in [0.15, 0.2) is 5.82 Å². The maximum Gasteiger partial charge on any atom is 0.241 e. The average molecular weight is 221 g/mol. The molecule has 0 saturated carbocycles. The number of hydrogen-bond donors (Lipinski definition) is 2. The first kappa shape index (κ1) is 10.8. The summed E-state index contributed by atoms with van der Waals surface area (Å²) in [4.78, 5) is 13.2. The van der Waals surface area contributed by atoms with Crippen molar-refractivity contribution in [3.05, 3.63) is 17.8 Å². The maximum atomic E-state index is 11.3. The van der Waals surface area contributed by atoms with Gasteiger partial charge in [-0.15, -0.1) is 5.10 Å². The Kier molecular flexibility index (Phi) is 3.00. The number of nitrogens with two attached hydrogens (primary N) is 1. The number of carbonyl (C=O) groups is 1. The van der Waals surface area contributed by atoms with Crippen LogP contribution in [0.5, 0.6) is 0 Å². The second kappa shape index (κ2) is 4.44. The van der Waals surface area contributed by atoms with E-state index >= 15 is 0 Å². The van der Waals surface area contributed by atoms with Crippen LogP contribution in [0.25, 0.3) is 0 Å². The molecule has 0 aromatic carbocycles. The number of rotatable bonds is 2. The fourth-order valence-electron chi connectivity index (χ4n) is 1.78. The second-order valence-electron chi connectivity index (χ2n) is 3.85. The van der Waals surface area contributed by atoms with E-state index in [1.54, 1.807) is 0 Å². The number of primary amides is 1. The summed E-state index contributed by atoms with van der Waals surface area (Å²) in [7, 11) is 0. The Balaban J connectivity index is 2.23. The topological polar surface area (TPSA) is 84.1 Å². The molecular formula is C10H15N5O. The molecule has 2 rings (SSSR count). The monoisotopic (exact) mass is 221 g/mol. The molecule has 1 saturated heterocycles. The van der Waals surface area contributed by atoms with E-state index in [0.717, 1.165) is 12.2 Å². The van der Waals surface area contributed by atoms with Crippen molar-refractivity contribution in [2.24, 2.45) is 5.73 Å². The van der Waals surface area contributed by atoms with Crippen molar-refractivity contribution < 1.29 is 4.79 Å². The first-order chi connectivity index (χ1) is 7.68. The minimum Gasteiger partial charge on any atom is -0.368 e. The molecule has 1 aromatic rings. The normalized spacial score (nSPS) is 20.8. The highest BCUT2D eigenvalue weighted by Gasteiger charge is 2.27. The number of hydrogen-bond acceptors (Lipinski definition) is 5. The van der Waals surface area contributed by atoms with Crippen LogP contribution in [0.1, 0.15) is 5.69 Å². The van der Waals surface area contributed by atoms with Gasteiger partial charge in [-0.2, -0.15) is 5.10 Å². The third-order valence-corrected chi connectivity index (χ3v) is 2.65. The number of nitrogens with one attached hydrogen (secondary N) is 1. The summed E-state index contributed by atoms with van der Waals surface area (Å²) in [5.41, 5.74) is 6.21. The molecular weight excluding hydrogens is 206 g/mol. The van der Waals surface area contributed by atoms with Crippen molar-refractivity contribution in [2.75, 3.05) is 24.5 Å². The van der Waals surface area contributed by atoms with Crippen LogP contribution in [0.4, 0.5) is 5.82 Å². The minimum absolute atomic E-state index is 0.338. The van der Waals surface area contributed by atoms with Crippen molar-refractivity contribution >= 4 is 11.7 Å². The summed E-state index contributed by atoms with van der Waals surface area (Å²) in [5, 5.41) is 11.2. The molecule has 0 spiro atoms. The zero-order valence-electron chi connectivity index (χ0n) is 9.18. The summed E-state index contributed by atoms with van der Waals surface area (Å²) in [6.45, 7) is 3.97. The largest absolute Gasteiger partial charge is 0.368 e. The van der Waals surface area contributed by atoms with Crippen LogP contribution in [0.3, 0.4) is 0 Å². The summed E-state index contributed by atoms with van der Waals surface area (Å²) in [6, 6.07) is 3.40. The Morgan fingerprint density at radius 3 is 3.00 bits per heavy atom. The van der Waals surface area contributed by atoms with Gasteiger partial charge in [-0.1, -0.05) is 0 Å². The fraction of sp³-hybridized carbons (Fsp3) is 0.500. The molecule has 0 aliphatic carbocycles. The number of amides is 1. The third-order valence-electron chi connectivity index (χ3n) is 2.65. The van der Waals surface area contributed by atoms with Gasteiger partial charge in [0.05, 0.1) is 5.69 Å². The molecule has 1 amide bonds. The van der Waals surface area contributed by atoms with Crippen LogP contribution in [-0.2, 0) is 4.79 Å². The molecule has 2 heterocycles. The number of nitrogens with zero attached hydrogens (tertiary/aromatic N) is 3. The average Bonchev–Trinajstić information content (AvgIpc) is 2.30. The van der Waals surface area contributed by atoms with E-state index in [2.05, 4.69) is 15.5 Å². The third kappa shape index (κ3) is 2.11. The van der Waals surface area contributed by atoms with Gasteiger partial charge in [0.25, 0.3) is 0 Å². The highest BCUT2D eigenvalue weighted by atomic mass is 16.1. The Labute approximate surface area is 93.8 Å². The zero-order valence-corrected chi connectivity index (χ0v) is 9.18. The molecule has 1 fully saturated rings. The highest BCUT2D eigenvalue weighted by molar-refractivity contribution is 5.83. The lowest BCUT2D eigenvalue weighted by Gasteiger charge is -2.34.